The van der Waals surface area contributed by atoms with E-state index in [1.165, 1.54) is 0 Å². The molecule has 1 aromatic carbocycles. The Kier molecular flexibility index (Phi) is 4.18. The largest absolute Gasteiger partial charge is 0.322 e. The maximum absolute atomic E-state index is 12.7. The van der Waals surface area contributed by atoms with E-state index in [9.17, 15) is 4.79 Å². The number of thiazole rings is 1. The number of fused-ring (bicyclic) bond motifs is 1. The van der Waals surface area contributed by atoms with Gasteiger partial charge in [-0.3, -0.25) is 9.20 Å². The molecule has 0 unspecified atom stereocenters. The molecular weight excluding hydrogens is 384 g/mol. The van der Waals surface area contributed by atoms with Crippen LogP contribution in [0.15, 0.2) is 72.6 Å². The Morgan fingerprint density at radius 3 is 2.76 bits per heavy atom. The van der Waals surface area contributed by atoms with Crippen molar-refractivity contribution in [2.75, 3.05) is 5.32 Å². The number of benzene rings is 1. The number of rotatable bonds is 4. The number of aromatic nitrogens is 5. The number of nitrogens with one attached hydrogen (secondary N) is 1. The van der Waals surface area contributed by atoms with Crippen LogP contribution in [0.1, 0.15) is 16.1 Å². The highest BCUT2D eigenvalue weighted by Crippen LogP contribution is 2.23. The topological polar surface area (TPSA) is 77.1 Å². The highest BCUT2D eigenvalue weighted by atomic mass is 32.1. The lowest BCUT2D eigenvalue weighted by molar-refractivity contribution is 0.102. The fourth-order valence-corrected chi connectivity index (χ4v) is 3.83. The quantitative estimate of drug-likeness (QED) is 0.490. The Morgan fingerprint density at radius 1 is 1.14 bits per heavy atom. The number of carbonyl (C=O) groups is 1. The first-order valence-electron chi connectivity index (χ1n) is 8.99. The lowest BCUT2D eigenvalue weighted by Gasteiger charge is -2.07. The molecule has 29 heavy (non-hydrogen) atoms. The van der Waals surface area contributed by atoms with Gasteiger partial charge < -0.3 is 5.32 Å². The molecule has 5 aromatic rings. The summed E-state index contributed by atoms with van der Waals surface area (Å²) in [6.45, 7) is 1.85. The molecular formula is C21H16N6OS. The van der Waals surface area contributed by atoms with Crippen molar-refractivity contribution in [3.8, 4) is 17.1 Å². The van der Waals surface area contributed by atoms with Gasteiger partial charge >= 0.3 is 0 Å². The zero-order valence-electron chi connectivity index (χ0n) is 15.5. The van der Waals surface area contributed by atoms with Gasteiger partial charge in [0.05, 0.1) is 23.1 Å². The molecule has 0 spiro atoms. The summed E-state index contributed by atoms with van der Waals surface area (Å²) in [5.41, 5.74) is 3.86. The van der Waals surface area contributed by atoms with Crippen LogP contribution < -0.4 is 5.32 Å². The van der Waals surface area contributed by atoms with Crippen LogP contribution in [0.4, 0.5) is 5.69 Å². The average molecular weight is 400 g/mol. The van der Waals surface area contributed by atoms with Crippen LogP contribution in [-0.4, -0.2) is 30.1 Å². The molecule has 0 saturated heterocycles. The highest BCUT2D eigenvalue weighted by molar-refractivity contribution is 7.15. The van der Waals surface area contributed by atoms with E-state index in [-0.39, 0.29) is 5.91 Å². The van der Waals surface area contributed by atoms with Gasteiger partial charge in [-0.2, -0.15) is 5.10 Å². The molecule has 0 fully saturated rings. The number of nitrogens with zero attached hydrogens (tertiary/aromatic N) is 5. The highest BCUT2D eigenvalue weighted by Gasteiger charge is 2.16. The number of pyridine rings is 1. The van der Waals surface area contributed by atoms with Gasteiger partial charge in [0.15, 0.2) is 10.8 Å². The fraction of sp³-hybridized carbons (Fsp3) is 0.0476. The molecule has 5 rings (SSSR count). The summed E-state index contributed by atoms with van der Waals surface area (Å²) in [5.74, 6) is 0.466. The third-order valence-corrected chi connectivity index (χ3v) is 5.42. The number of hydrogen-bond donors (Lipinski definition) is 1. The van der Waals surface area contributed by atoms with Gasteiger partial charge in [-0.15, -0.1) is 11.3 Å². The molecule has 0 radical (unpaired) electrons. The smallest absolute Gasteiger partial charge is 0.259 e. The zero-order chi connectivity index (χ0) is 19.8. The Hall–Kier alpha value is -3.78. The first-order valence-corrected chi connectivity index (χ1v) is 9.87. The maximum atomic E-state index is 12.7. The Bertz CT molecular complexity index is 1270. The summed E-state index contributed by atoms with van der Waals surface area (Å²) in [7, 11) is 0. The van der Waals surface area contributed by atoms with E-state index in [1.54, 1.807) is 28.4 Å². The monoisotopic (exact) mass is 400 g/mol. The van der Waals surface area contributed by atoms with Crippen molar-refractivity contribution in [3.05, 3.63) is 83.9 Å². The van der Waals surface area contributed by atoms with Gasteiger partial charge in [0, 0.05) is 35.2 Å². The van der Waals surface area contributed by atoms with Gasteiger partial charge in [0.25, 0.3) is 5.91 Å². The van der Waals surface area contributed by atoms with E-state index in [4.69, 9.17) is 0 Å². The third kappa shape index (κ3) is 3.19. The van der Waals surface area contributed by atoms with Crippen LogP contribution in [0.3, 0.4) is 0 Å². The lowest BCUT2D eigenvalue weighted by Crippen LogP contribution is -2.13. The van der Waals surface area contributed by atoms with Crippen molar-refractivity contribution >= 4 is 27.9 Å². The molecule has 1 N–H and O–H groups in total. The normalized spacial score (nSPS) is 11.1. The minimum atomic E-state index is -0.208. The number of anilines is 1. The van der Waals surface area contributed by atoms with Gasteiger partial charge in [-0.05, 0) is 31.2 Å². The Labute approximate surface area is 170 Å². The molecule has 0 aliphatic carbocycles. The van der Waals surface area contributed by atoms with E-state index in [1.807, 2.05) is 71.6 Å². The van der Waals surface area contributed by atoms with Crippen LogP contribution in [0.25, 0.3) is 22.0 Å². The summed E-state index contributed by atoms with van der Waals surface area (Å²) < 4.78 is 3.65. The van der Waals surface area contributed by atoms with Crippen molar-refractivity contribution < 1.29 is 4.79 Å². The molecule has 8 heteroatoms. The number of imidazole rings is 1. The van der Waals surface area contributed by atoms with E-state index >= 15 is 0 Å². The predicted molar refractivity (Wildman–Crippen MR) is 113 cm³/mol. The van der Waals surface area contributed by atoms with E-state index in [2.05, 4.69) is 20.4 Å². The minimum Gasteiger partial charge on any atom is -0.322 e. The zero-order valence-corrected chi connectivity index (χ0v) is 16.3. The number of amides is 1. The van der Waals surface area contributed by atoms with Crippen molar-refractivity contribution in [3.63, 3.8) is 0 Å². The van der Waals surface area contributed by atoms with Crippen molar-refractivity contribution in [1.29, 1.82) is 0 Å². The van der Waals surface area contributed by atoms with Crippen molar-refractivity contribution in [2.45, 2.75) is 6.92 Å². The van der Waals surface area contributed by atoms with Crippen LogP contribution in [0.5, 0.6) is 0 Å². The lowest BCUT2D eigenvalue weighted by atomic mass is 10.1. The summed E-state index contributed by atoms with van der Waals surface area (Å²) >= 11 is 1.60. The molecule has 0 aliphatic heterocycles. The molecule has 0 saturated carbocycles. The Morgan fingerprint density at radius 2 is 2.00 bits per heavy atom. The van der Waals surface area contributed by atoms with Crippen LogP contribution in [-0.2, 0) is 0 Å². The second kappa shape index (κ2) is 6.99. The molecule has 142 valence electrons. The molecule has 0 aliphatic rings. The first-order chi connectivity index (χ1) is 14.2. The van der Waals surface area contributed by atoms with Crippen LogP contribution in [0.2, 0.25) is 0 Å². The molecule has 4 aromatic heterocycles. The minimum absolute atomic E-state index is 0.208. The van der Waals surface area contributed by atoms with Crippen LogP contribution >= 0.6 is 11.3 Å². The van der Waals surface area contributed by atoms with Crippen molar-refractivity contribution in [1.82, 2.24) is 24.1 Å². The van der Waals surface area contributed by atoms with Gasteiger partial charge in [-0.25, -0.2) is 14.6 Å². The number of hydrogen-bond acceptors (Lipinski definition) is 5. The third-order valence-electron chi connectivity index (χ3n) is 4.65. The van der Waals surface area contributed by atoms with Gasteiger partial charge in [0.1, 0.15) is 0 Å². The van der Waals surface area contributed by atoms with Gasteiger partial charge in [-0.1, -0.05) is 18.2 Å². The summed E-state index contributed by atoms with van der Waals surface area (Å²) in [6, 6.07) is 13.2. The molecule has 0 atom stereocenters. The van der Waals surface area contributed by atoms with E-state index < -0.39 is 0 Å². The first kappa shape index (κ1) is 17.3. The second-order valence-electron chi connectivity index (χ2n) is 6.49. The number of carbonyl (C=O) groups excluding carboxylic acids is 1. The van der Waals surface area contributed by atoms with E-state index in [0.29, 0.717) is 17.1 Å². The average Bonchev–Trinajstić information content (AvgIpc) is 3.44. The summed E-state index contributed by atoms with van der Waals surface area (Å²) in [6.07, 6.45) is 7.24. The molecule has 0 bridgehead atoms. The van der Waals surface area contributed by atoms with E-state index in [0.717, 1.165) is 21.9 Å². The molecule has 1 amide bonds. The standard InChI is InChI=1S/C21H16N6OS/c1-14-17(12-23-27(14)19-4-2-3-9-22-19)20(28)24-16-7-5-15(6-8-16)18-13-26-10-11-29-21(26)25-18/h2-13H,1H3,(H,24,28). The summed E-state index contributed by atoms with van der Waals surface area (Å²) in [4.78, 5) is 22.6. The maximum Gasteiger partial charge on any atom is 0.259 e. The molecule has 4 heterocycles. The second-order valence-corrected chi connectivity index (χ2v) is 7.37. The van der Waals surface area contributed by atoms with Crippen LogP contribution in [0, 0.1) is 6.92 Å². The van der Waals surface area contributed by atoms with Gasteiger partial charge in [0.2, 0.25) is 0 Å². The Balaban J connectivity index is 1.35. The van der Waals surface area contributed by atoms with Crippen molar-refractivity contribution in [2.24, 2.45) is 0 Å². The SMILES string of the molecule is Cc1c(C(=O)Nc2ccc(-c3cn4ccsc4n3)cc2)cnn1-c1ccccn1. The molecule has 7 nitrogen and oxygen atoms in total. The fourth-order valence-electron chi connectivity index (χ4n) is 3.13. The summed E-state index contributed by atoms with van der Waals surface area (Å²) in [5, 5.41) is 9.23. The predicted octanol–water partition coefficient (Wildman–Crippen LogP) is 4.20.